The Labute approximate surface area is 101 Å². The Balaban J connectivity index is 2.08. The average Bonchev–Trinajstić information content (AvgIpc) is 2.66. The fourth-order valence-corrected chi connectivity index (χ4v) is 1.92. The summed E-state index contributed by atoms with van der Waals surface area (Å²) >= 11 is 0. The topological polar surface area (TPSA) is 47.4 Å². The van der Waals surface area contributed by atoms with E-state index in [0.717, 1.165) is 17.2 Å². The molecule has 1 aliphatic rings. The summed E-state index contributed by atoms with van der Waals surface area (Å²) in [4.78, 5) is 18.0. The molecule has 5 nitrogen and oxygen atoms in total. The molecular formula is C12H19N3O2. The highest BCUT2D eigenvalue weighted by atomic mass is 16.6. The first-order valence-corrected chi connectivity index (χ1v) is 5.77. The van der Waals surface area contributed by atoms with Crippen molar-refractivity contribution in [2.24, 2.45) is 7.05 Å². The van der Waals surface area contributed by atoms with Gasteiger partial charge in [0.2, 0.25) is 0 Å². The molecule has 2 heterocycles. The van der Waals surface area contributed by atoms with E-state index in [1.165, 1.54) is 0 Å². The van der Waals surface area contributed by atoms with Crippen LogP contribution in [-0.2, 0) is 24.9 Å². The van der Waals surface area contributed by atoms with E-state index in [1.54, 1.807) is 4.90 Å². The third-order valence-corrected chi connectivity index (χ3v) is 2.85. The maximum Gasteiger partial charge on any atom is 0.410 e. The van der Waals surface area contributed by atoms with Crippen molar-refractivity contribution in [3.63, 3.8) is 0 Å². The number of nitrogens with zero attached hydrogens (tertiary/aromatic N) is 3. The van der Waals surface area contributed by atoms with Crippen molar-refractivity contribution < 1.29 is 9.53 Å². The lowest BCUT2D eigenvalue weighted by Gasteiger charge is -2.24. The van der Waals surface area contributed by atoms with E-state index in [-0.39, 0.29) is 6.09 Å². The number of carbonyl (C=O) groups is 1. The minimum absolute atomic E-state index is 0.270. The van der Waals surface area contributed by atoms with Crippen molar-refractivity contribution >= 4 is 6.09 Å². The molecule has 0 aromatic carbocycles. The molecule has 1 aromatic heterocycles. The SMILES string of the molecule is Cc1nc2c(n1C)CN(C(=O)OC(C)(C)C)C2. The Hall–Kier alpha value is -1.52. The van der Waals surface area contributed by atoms with Crippen LogP contribution < -0.4 is 0 Å². The van der Waals surface area contributed by atoms with Gasteiger partial charge in [0.1, 0.15) is 11.4 Å². The highest BCUT2D eigenvalue weighted by Crippen LogP contribution is 2.24. The van der Waals surface area contributed by atoms with E-state index >= 15 is 0 Å². The van der Waals surface area contributed by atoms with Gasteiger partial charge in [0.25, 0.3) is 0 Å². The highest BCUT2D eigenvalue weighted by molar-refractivity contribution is 5.69. The first-order valence-electron chi connectivity index (χ1n) is 5.77. The number of fused-ring (bicyclic) bond motifs is 1. The zero-order valence-corrected chi connectivity index (χ0v) is 11.1. The van der Waals surface area contributed by atoms with Gasteiger partial charge in [-0.05, 0) is 27.7 Å². The Morgan fingerprint density at radius 1 is 1.35 bits per heavy atom. The molecule has 1 amide bonds. The van der Waals surface area contributed by atoms with E-state index in [9.17, 15) is 4.79 Å². The van der Waals surface area contributed by atoms with Crippen molar-refractivity contribution in [3.8, 4) is 0 Å². The van der Waals surface area contributed by atoms with Crippen molar-refractivity contribution in [3.05, 3.63) is 17.2 Å². The smallest absolute Gasteiger partial charge is 0.410 e. The molecule has 0 atom stereocenters. The standard InChI is InChI=1S/C12H19N3O2/c1-8-13-9-6-15(7-10(9)14(8)5)11(16)17-12(2,3)4/h6-7H2,1-5H3. The van der Waals surface area contributed by atoms with Crippen LogP contribution in [0.25, 0.3) is 0 Å². The van der Waals surface area contributed by atoms with Crippen molar-refractivity contribution in [2.45, 2.75) is 46.4 Å². The first-order chi connectivity index (χ1) is 7.78. The summed E-state index contributed by atoms with van der Waals surface area (Å²) in [5, 5.41) is 0. The molecule has 0 bridgehead atoms. The number of carbonyl (C=O) groups excluding carboxylic acids is 1. The van der Waals surface area contributed by atoms with Crippen LogP contribution in [0.15, 0.2) is 0 Å². The largest absolute Gasteiger partial charge is 0.444 e. The zero-order chi connectivity index (χ0) is 12.8. The van der Waals surface area contributed by atoms with E-state index in [2.05, 4.69) is 4.98 Å². The molecule has 1 aliphatic heterocycles. The second kappa shape index (κ2) is 3.75. The van der Waals surface area contributed by atoms with Crippen LogP contribution in [0.2, 0.25) is 0 Å². The van der Waals surface area contributed by atoms with Crippen LogP contribution in [0.5, 0.6) is 0 Å². The van der Waals surface area contributed by atoms with Gasteiger partial charge in [-0.1, -0.05) is 0 Å². The molecule has 94 valence electrons. The minimum Gasteiger partial charge on any atom is -0.444 e. The Kier molecular flexibility index (Phi) is 2.64. The van der Waals surface area contributed by atoms with Gasteiger partial charge < -0.3 is 9.30 Å². The third kappa shape index (κ3) is 2.28. The zero-order valence-electron chi connectivity index (χ0n) is 11.1. The van der Waals surface area contributed by atoms with Gasteiger partial charge in [0, 0.05) is 7.05 Å². The molecule has 1 aromatic rings. The lowest BCUT2D eigenvalue weighted by molar-refractivity contribution is 0.0237. The lowest BCUT2D eigenvalue weighted by Crippen LogP contribution is -2.33. The van der Waals surface area contributed by atoms with Crippen LogP contribution in [0, 0.1) is 6.92 Å². The minimum atomic E-state index is -0.449. The van der Waals surface area contributed by atoms with Crippen molar-refractivity contribution in [1.82, 2.24) is 14.5 Å². The maximum atomic E-state index is 11.9. The molecule has 0 aliphatic carbocycles. The number of rotatable bonds is 0. The fourth-order valence-electron chi connectivity index (χ4n) is 1.92. The third-order valence-electron chi connectivity index (χ3n) is 2.85. The van der Waals surface area contributed by atoms with E-state index in [1.807, 2.05) is 39.3 Å². The number of hydrogen-bond donors (Lipinski definition) is 0. The van der Waals surface area contributed by atoms with Gasteiger partial charge in [-0.2, -0.15) is 0 Å². The first kappa shape index (κ1) is 12.0. The van der Waals surface area contributed by atoms with E-state index in [4.69, 9.17) is 4.74 Å². The van der Waals surface area contributed by atoms with Crippen LogP contribution in [0.4, 0.5) is 4.79 Å². The molecule has 0 unspecified atom stereocenters. The molecular weight excluding hydrogens is 218 g/mol. The molecule has 0 fully saturated rings. The van der Waals surface area contributed by atoms with Crippen LogP contribution in [0.3, 0.4) is 0 Å². The number of amides is 1. The Bertz CT molecular complexity index is 457. The van der Waals surface area contributed by atoms with Crippen molar-refractivity contribution in [2.75, 3.05) is 0 Å². The molecule has 17 heavy (non-hydrogen) atoms. The van der Waals surface area contributed by atoms with E-state index < -0.39 is 5.60 Å². The molecule has 0 N–H and O–H groups in total. The molecule has 0 saturated heterocycles. The van der Waals surface area contributed by atoms with Crippen LogP contribution >= 0.6 is 0 Å². The summed E-state index contributed by atoms with van der Waals surface area (Å²) in [7, 11) is 1.97. The van der Waals surface area contributed by atoms with Crippen LogP contribution in [0.1, 0.15) is 38.0 Å². The fraction of sp³-hybridized carbons (Fsp3) is 0.667. The molecule has 0 saturated carbocycles. The molecule has 5 heteroatoms. The maximum absolute atomic E-state index is 11.9. The van der Waals surface area contributed by atoms with Gasteiger partial charge in [-0.3, -0.25) is 4.90 Å². The summed E-state index contributed by atoms with van der Waals surface area (Å²) in [5.74, 6) is 0.985. The lowest BCUT2D eigenvalue weighted by atomic mass is 10.2. The summed E-state index contributed by atoms with van der Waals surface area (Å²) in [6, 6.07) is 0. The predicted octanol–water partition coefficient (Wildman–Crippen LogP) is 1.98. The summed E-state index contributed by atoms with van der Waals surface area (Å²) in [6.45, 7) is 8.72. The van der Waals surface area contributed by atoms with Gasteiger partial charge >= 0.3 is 6.09 Å². The molecule has 2 rings (SSSR count). The number of aromatic nitrogens is 2. The van der Waals surface area contributed by atoms with Crippen molar-refractivity contribution in [1.29, 1.82) is 0 Å². The molecule has 0 spiro atoms. The number of ether oxygens (including phenoxy) is 1. The second-order valence-corrected chi connectivity index (χ2v) is 5.45. The van der Waals surface area contributed by atoms with Gasteiger partial charge in [-0.25, -0.2) is 9.78 Å². The second-order valence-electron chi connectivity index (χ2n) is 5.45. The highest BCUT2D eigenvalue weighted by Gasteiger charge is 2.30. The Morgan fingerprint density at radius 3 is 2.53 bits per heavy atom. The van der Waals surface area contributed by atoms with E-state index in [0.29, 0.717) is 13.1 Å². The summed E-state index contributed by atoms with van der Waals surface area (Å²) in [6.07, 6.45) is -0.270. The number of imidazole rings is 1. The normalized spacial score (nSPS) is 15.0. The van der Waals surface area contributed by atoms with Gasteiger partial charge in [0.05, 0.1) is 24.5 Å². The number of hydrogen-bond acceptors (Lipinski definition) is 3. The quantitative estimate of drug-likeness (QED) is 0.693. The average molecular weight is 237 g/mol. The molecule has 0 radical (unpaired) electrons. The number of aryl methyl sites for hydroxylation is 1. The predicted molar refractivity (Wildman–Crippen MR) is 63.4 cm³/mol. The van der Waals surface area contributed by atoms with Crippen LogP contribution in [-0.4, -0.2) is 26.1 Å². The Morgan fingerprint density at radius 2 is 2.00 bits per heavy atom. The summed E-state index contributed by atoms with van der Waals surface area (Å²) < 4.78 is 7.37. The van der Waals surface area contributed by atoms with Gasteiger partial charge in [-0.15, -0.1) is 0 Å². The monoisotopic (exact) mass is 237 g/mol. The van der Waals surface area contributed by atoms with Gasteiger partial charge in [0.15, 0.2) is 0 Å². The summed E-state index contributed by atoms with van der Waals surface area (Å²) in [5.41, 5.74) is 1.64.